The number of nitrogens with one attached hydrogen (secondary N) is 2. The number of methoxy groups -OCH3 is 1. The molecular weight excluding hydrogens is 204 g/mol. The summed E-state index contributed by atoms with van der Waals surface area (Å²) in [7, 11) is 1.67. The molecule has 0 radical (unpaired) electrons. The van der Waals surface area contributed by atoms with Gasteiger partial charge >= 0.3 is 0 Å². The van der Waals surface area contributed by atoms with E-state index in [0.29, 0.717) is 13.0 Å². The highest BCUT2D eigenvalue weighted by molar-refractivity contribution is 5.76. The summed E-state index contributed by atoms with van der Waals surface area (Å²) in [5.41, 5.74) is 1.33. The van der Waals surface area contributed by atoms with E-state index in [4.69, 9.17) is 4.74 Å². The number of ether oxygens (including phenoxy) is 1. The molecule has 2 N–H and O–H groups in total. The van der Waals surface area contributed by atoms with Gasteiger partial charge < -0.3 is 15.4 Å². The van der Waals surface area contributed by atoms with Crippen LogP contribution in [0.5, 0.6) is 0 Å². The maximum atomic E-state index is 11.5. The van der Waals surface area contributed by atoms with Crippen LogP contribution in [0.4, 0.5) is 0 Å². The zero-order valence-electron chi connectivity index (χ0n) is 10.2. The van der Waals surface area contributed by atoms with Crippen LogP contribution in [0.3, 0.4) is 0 Å². The molecule has 0 saturated carbocycles. The molecule has 0 aromatic heterocycles. The molecular formula is C12H22N2O2. The van der Waals surface area contributed by atoms with Crippen LogP contribution in [-0.4, -0.2) is 38.8 Å². The van der Waals surface area contributed by atoms with Crippen LogP contribution in [0.2, 0.25) is 0 Å². The molecule has 0 spiro atoms. The molecule has 1 amide bonds. The second-order valence-electron chi connectivity index (χ2n) is 4.18. The average molecular weight is 226 g/mol. The van der Waals surface area contributed by atoms with Crippen molar-refractivity contribution in [1.82, 2.24) is 10.6 Å². The second kappa shape index (κ2) is 7.41. The topological polar surface area (TPSA) is 50.4 Å². The van der Waals surface area contributed by atoms with Gasteiger partial charge in [-0.05, 0) is 26.3 Å². The normalized spacial score (nSPS) is 17.8. The molecule has 1 atom stereocenters. The van der Waals surface area contributed by atoms with Crippen LogP contribution in [0.25, 0.3) is 0 Å². The summed E-state index contributed by atoms with van der Waals surface area (Å²) in [4.78, 5) is 11.5. The average Bonchev–Trinajstić information content (AvgIpc) is 2.34. The lowest BCUT2D eigenvalue weighted by Gasteiger charge is -2.15. The molecule has 1 rings (SSSR count). The van der Waals surface area contributed by atoms with E-state index in [1.165, 1.54) is 5.57 Å². The lowest BCUT2D eigenvalue weighted by atomic mass is 10.1. The van der Waals surface area contributed by atoms with Crippen molar-refractivity contribution in [2.45, 2.75) is 32.3 Å². The van der Waals surface area contributed by atoms with Gasteiger partial charge in [-0.3, -0.25) is 4.79 Å². The summed E-state index contributed by atoms with van der Waals surface area (Å²) in [6.45, 7) is 4.61. The largest absolute Gasteiger partial charge is 0.382 e. The highest BCUT2D eigenvalue weighted by Gasteiger charge is 2.07. The first kappa shape index (κ1) is 13.2. The van der Waals surface area contributed by atoms with Gasteiger partial charge in [0.25, 0.3) is 0 Å². The Hall–Kier alpha value is -0.870. The van der Waals surface area contributed by atoms with E-state index in [1.54, 1.807) is 7.11 Å². The minimum atomic E-state index is 0.114. The quantitative estimate of drug-likeness (QED) is 0.660. The minimum Gasteiger partial charge on any atom is -0.382 e. The predicted molar refractivity (Wildman–Crippen MR) is 64.3 cm³/mol. The summed E-state index contributed by atoms with van der Waals surface area (Å²) in [5.74, 6) is 0.114. The summed E-state index contributed by atoms with van der Waals surface area (Å²) < 4.78 is 5.10. The van der Waals surface area contributed by atoms with E-state index < -0.39 is 0 Å². The van der Waals surface area contributed by atoms with Crippen molar-refractivity contribution < 1.29 is 9.53 Å². The number of hydrogen-bond donors (Lipinski definition) is 2. The van der Waals surface area contributed by atoms with Crippen LogP contribution in [0.15, 0.2) is 11.6 Å². The van der Waals surface area contributed by atoms with Crippen molar-refractivity contribution in [1.29, 1.82) is 0 Å². The molecule has 0 aromatic rings. The van der Waals surface area contributed by atoms with Crippen molar-refractivity contribution in [2.24, 2.45) is 0 Å². The molecule has 1 aliphatic heterocycles. The fraction of sp³-hybridized carbons (Fsp3) is 0.750. The first-order valence-electron chi connectivity index (χ1n) is 5.90. The standard InChI is InChI=1S/C12H22N2O2/c1-10(16-2)3-4-12(15)14-9-11-5-7-13-8-6-11/h5,10,13H,3-4,6-9H2,1-2H3,(H,14,15). The van der Waals surface area contributed by atoms with E-state index in [9.17, 15) is 4.79 Å². The van der Waals surface area contributed by atoms with Gasteiger partial charge in [-0.15, -0.1) is 0 Å². The monoisotopic (exact) mass is 226 g/mol. The van der Waals surface area contributed by atoms with Gasteiger partial charge in [0.15, 0.2) is 0 Å². The molecule has 0 saturated heterocycles. The van der Waals surface area contributed by atoms with Crippen molar-refractivity contribution in [3.8, 4) is 0 Å². The van der Waals surface area contributed by atoms with Crippen LogP contribution >= 0.6 is 0 Å². The van der Waals surface area contributed by atoms with Gasteiger partial charge in [0.05, 0.1) is 6.10 Å². The highest BCUT2D eigenvalue weighted by Crippen LogP contribution is 2.03. The molecule has 1 heterocycles. The van der Waals surface area contributed by atoms with E-state index in [1.807, 2.05) is 6.92 Å². The Morgan fingerprint density at radius 1 is 1.69 bits per heavy atom. The van der Waals surface area contributed by atoms with E-state index in [2.05, 4.69) is 16.7 Å². The third kappa shape index (κ3) is 5.28. The zero-order valence-corrected chi connectivity index (χ0v) is 10.2. The third-order valence-corrected chi connectivity index (χ3v) is 2.85. The summed E-state index contributed by atoms with van der Waals surface area (Å²) >= 11 is 0. The molecule has 0 fully saturated rings. The molecule has 4 heteroatoms. The Bertz CT molecular complexity index is 251. The van der Waals surface area contributed by atoms with Gasteiger partial charge in [0.2, 0.25) is 5.91 Å². The molecule has 1 unspecified atom stereocenters. The Kier molecular flexibility index (Phi) is 6.11. The van der Waals surface area contributed by atoms with Crippen molar-refractivity contribution in [3.63, 3.8) is 0 Å². The number of hydrogen-bond acceptors (Lipinski definition) is 3. The molecule has 0 aliphatic carbocycles. The minimum absolute atomic E-state index is 0.114. The van der Waals surface area contributed by atoms with Crippen molar-refractivity contribution >= 4 is 5.91 Å². The number of amides is 1. The molecule has 16 heavy (non-hydrogen) atoms. The van der Waals surface area contributed by atoms with Gasteiger partial charge in [0, 0.05) is 26.6 Å². The Labute approximate surface area is 97.4 Å². The van der Waals surface area contributed by atoms with Gasteiger partial charge in [-0.1, -0.05) is 11.6 Å². The number of carbonyl (C=O) groups excluding carboxylic acids is 1. The van der Waals surface area contributed by atoms with Crippen LogP contribution in [0, 0.1) is 0 Å². The lowest BCUT2D eigenvalue weighted by molar-refractivity contribution is -0.121. The van der Waals surface area contributed by atoms with Gasteiger partial charge in [-0.2, -0.15) is 0 Å². The van der Waals surface area contributed by atoms with Crippen molar-refractivity contribution in [3.05, 3.63) is 11.6 Å². The smallest absolute Gasteiger partial charge is 0.220 e. The van der Waals surface area contributed by atoms with E-state index in [0.717, 1.165) is 25.9 Å². The van der Waals surface area contributed by atoms with Crippen LogP contribution in [-0.2, 0) is 9.53 Å². The van der Waals surface area contributed by atoms with Crippen molar-refractivity contribution in [2.75, 3.05) is 26.7 Å². The Balaban J connectivity index is 2.12. The Morgan fingerprint density at radius 3 is 3.12 bits per heavy atom. The molecule has 0 bridgehead atoms. The Morgan fingerprint density at radius 2 is 2.50 bits per heavy atom. The van der Waals surface area contributed by atoms with Crippen LogP contribution < -0.4 is 10.6 Å². The fourth-order valence-electron chi connectivity index (χ4n) is 1.58. The third-order valence-electron chi connectivity index (χ3n) is 2.85. The maximum Gasteiger partial charge on any atom is 0.220 e. The summed E-state index contributed by atoms with van der Waals surface area (Å²) in [6.07, 6.45) is 4.67. The lowest BCUT2D eigenvalue weighted by Crippen LogP contribution is -2.30. The molecule has 0 aromatic carbocycles. The summed E-state index contributed by atoms with van der Waals surface area (Å²) in [6, 6.07) is 0. The first-order chi connectivity index (χ1) is 7.72. The molecule has 92 valence electrons. The fourth-order valence-corrected chi connectivity index (χ4v) is 1.58. The highest BCUT2D eigenvalue weighted by atomic mass is 16.5. The van der Waals surface area contributed by atoms with Gasteiger partial charge in [-0.25, -0.2) is 0 Å². The SMILES string of the molecule is COC(C)CCC(=O)NCC1=CCNCC1. The number of rotatable bonds is 6. The number of carbonyl (C=O) groups is 1. The molecule has 1 aliphatic rings. The zero-order chi connectivity index (χ0) is 11.8. The first-order valence-corrected chi connectivity index (χ1v) is 5.90. The maximum absolute atomic E-state index is 11.5. The van der Waals surface area contributed by atoms with Gasteiger partial charge in [0.1, 0.15) is 0 Å². The molecule has 4 nitrogen and oxygen atoms in total. The van der Waals surface area contributed by atoms with E-state index >= 15 is 0 Å². The summed E-state index contributed by atoms with van der Waals surface area (Å²) in [5, 5.41) is 6.19. The van der Waals surface area contributed by atoms with Crippen LogP contribution in [0.1, 0.15) is 26.2 Å². The second-order valence-corrected chi connectivity index (χ2v) is 4.18. The van der Waals surface area contributed by atoms with E-state index in [-0.39, 0.29) is 12.0 Å². The predicted octanol–water partition coefficient (Wildman–Crippen LogP) is 0.837.